The maximum atomic E-state index is 12.6. The highest BCUT2D eigenvalue weighted by Crippen LogP contribution is 2.25. The van der Waals surface area contributed by atoms with Gasteiger partial charge in [-0.15, -0.1) is 5.10 Å². The van der Waals surface area contributed by atoms with Crippen molar-refractivity contribution < 1.29 is 13.3 Å². The number of aromatic nitrogens is 2. The average Bonchev–Trinajstić information content (AvgIpc) is 3.09. The third-order valence-electron chi connectivity index (χ3n) is 3.46. The van der Waals surface area contributed by atoms with E-state index in [4.69, 9.17) is 0 Å². The van der Waals surface area contributed by atoms with E-state index in [1.807, 2.05) is 0 Å². The van der Waals surface area contributed by atoms with Gasteiger partial charge in [-0.05, 0) is 36.2 Å². The first-order valence-electron chi connectivity index (χ1n) is 7.02. The summed E-state index contributed by atoms with van der Waals surface area (Å²) in [6.07, 6.45) is 0. The van der Waals surface area contributed by atoms with E-state index in [9.17, 15) is 18.5 Å². The number of hydrogen-bond donors (Lipinski definition) is 1. The minimum Gasteiger partial charge on any atom is -0.280 e. The molecule has 3 aromatic rings. The van der Waals surface area contributed by atoms with Gasteiger partial charge in [-0.25, -0.2) is 8.42 Å². The highest BCUT2D eigenvalue weighted by Gasteiger charge is 2.20. The lowest BCUT2D eigenvalue weighted by atomic mass is 10.2. The number of anilines is 1. The summed E-state index contributed by atoms with van der Waals surface area (Å²) in [6, 6.07) is 10.4. The fourth-order valence-corrected chi connectivity index (χ4v) is 3.99. The third-order valence-corrected chi connectivity index (χ3v) is 5.49. The monoisotopic (exact) mass is 376 g/mol. The van der Waals surface area contributed by atoms with Crippen molar-refractivity contribution in [1.82, 2.24) is 9.59 Å². The molecule has 1 aromatic heterocycles. The van der Waals surface area contributed by atoms with E-state index in [-0.39, 0.29) is 10.6 Å². The number of rotatable bonds is 5. The van der Waals surface area contributed by atoms with Gasteiger partial charge in [0.1, 0.15) is 5.69 Å². The Hall–Kier alpha value is -2.85. The molecule has 25 heavy (non-hydrogen) atoms. The molecule has 0 spiro atoms. The quantitative estimate of drug-likeness (QED) is 0.540. The second-order valence-corrected chi connectivity index (χ2v) is 7.44. The smallest absolute Gasteiger partial charge is 0.270 e. The van der Waals surface area contributed by atoms with Crippen molar-refractivity contribution in [2.24, 2.45) is 0 Å². The van der Waals surface area contributed by atoms with E-state index >= 15 is 0 Å². The molecule has 128 valence electrons. The molecular formula is C15H12N4O4S2. The normalized spacial score (nSPS) is 11.2. The lowest BCUT2D eigenvalue weighted by Gasteiger charge is -2.10. The van der Waals surface area contributed by atoms with Gasteiger partial charge < -0.3 is 0 Å². The van der Waals surface area contributed by atoms with Crippen molar-refractivity contribution in [3.63, 3.8) is 0 Å². The number of aryl methyl sites for hydroxylation is 1. The van der Waals surface area contributed by atoms with Gasteiger partial charge in [-0.1, -0.05) is 22.7 Å². The molecule has 1 heterocycles. The standard InChI is InChI=1S/C15H12N4O4S2/c1-10-2-7-13(19(20)21)8-15(10)25(22,23)17-12-5-3-11(4-6-12)14-9-24-18-16-14/h2-9,17H,1H3. The first kappa shape index (κ1) is 17.0. The number of nitrogens with zero attached hydrogens (tertiary/aromatic N) is 3. The summed E-state index contributed by atoms with van der Waals surface area (Å²) in [5, 5.41) is 16.6. The van der Waals surface area contributed by atoms with Gasteiger partial charge in [-0.3, -0.25) is 14.8 Å². The number of nitro benzene ring substituents is 1. The van der Waals surface area contributed by atoms with Gasteiger partial charge in [0.15, 0.2) is 0 Å². The van der Waals surface area contributed by atoms with Crippen LogP contribution >= 0.6 is 11.5 Å². The molecule has 0 aliphatic rings. The van der Waals surface area contributed by atoms with Gasteiger partial charge in [0.25, 0.3) is 15.7 Å². The summed E-state index contributed by atoms with van der Waals surface area (Å²) in [7, 11) is -3.95. The number of sulfonamides is 1. The van der Waals surface area contributed by atoms with Crippen LogP contribution in [0.1, 0.15) is 5.56 Å². The summed E-state index contributed by atoms with van der Waals surface area (Å²) in [6.45, 7) is 1.58. The van der Waals surface area contributed by atoms with Crippen LogP contribution in [0.15, 0.2) is 52.7 Å². The van der Waals surface area contributed by atoms with Crippen LogP contribution in [0.2, 0.25) is 0 Å². The van der Waals surface area contributed by atoms with Crippen LogP contribution in [0.3, 0.4) is 0 Å². The molecule has 0 radical (unpaired) electrons. The van der Waals surface area contributed by atoms with E-state index in [0.29, 0.717) is 16.9 Å². The summed E-state index contributed by atoms with van der Waals surface area (Å²) in [5.41, 5.74) is 2.00. The zero-order valence-electron chi connectivity index (χ0n) is 12.9. The Kier molecular flexibility index (Phi) is 4.47. The predicted octanol–water partition coefficient (Wildman–Crippen LogP) is 3.22. The molecule has 0 fully saturated rings. The molecule has 0 bridgehead atoms. The first-order chi connectivity index (χ1) is 11.9. The van der Waals surface area contributed by atoms with Crippen molar-refractivity contribution in [2.45, 2.75) is 11.8 Å². The fraction of sp³-hybridized carbons (Fsp3) is 0.0667. The predicted molar refractivity (Wildman–Crippen MR) is 94.0 cm³/mol. The molecule has 0 unspecified atom stereocenters. The SMILES string of the molecule is Cc1ccc([N+](=O)[O-])cc1S(=O)(=O)Nc1ccc(-c2csnn2)cc1. The lowest BCUT2D eigenvalue weighted by molar-refractivity contribution is -0.385. The second kappa shape index (κ2) is 6.57. The highest BCUT2D eigenvalue weighted by molar-refractivity contribution is 7.92. The largest absolute Gasteiger partial charge is 0.280 e. The van der Waals surface area contributed by atoms with Gasteiger partial charge in [0.05, 0.1) is 9.82 Å². The van der Waals surface area contributed by atoms with Crippen LogP contribution in [-0.4, -0.2) is 22.9 Å². The maximum Gasteiger partial charge on any atom is 0.270 e. The summed E-state index contributed by atoms with van der Waals surface area (Å²) in [4.78, 5) is 10.1. The van der Waals surface area contributed by atoms with Gasteiger partial charge in [-0.2, -0.15) is 0 Å². The van der Waals surface area contributed by atoms with Crippen molar-refractivity contribution in [1.29, 1.82) is 0 Å². The van der Waals surface area contributed by atoms with Gasteiger partial charge >= 0.3 is 0 Å². The van der Waals surface area contributed by atoms with E-state index in [1.54, 1.807) is 36.6 Å². The molecule has 0 aliphatic heterocycles. The number of nitro groups is 1. The van der Waals surface area contributed by atoms with E-state index in [1.165, 1.54) is 23.7 Å². The summed E-state index contributed by atoms with van der Waals surface area (Å²) < 4.78 is 31.3. The highest BCUT2D eigenvalue weighted by atomic mass is 32.2. The van der Waals surface area contributed by atoms with E-state index in [0.717, 1.165) is 11.6 Å². The number of non-ortho nitro benzene ring substituents is 1. The fourth-order valence-electron chi connectivity index (χ4n) is 2.20. The molecule has 0 amide bonds. The molecule has 0 aliphatic carbocycles. The summed E-state index contributed by atoms with van der Waals surface area (Å²) >= 11 is 1.22. The first-order valence-corrected chi connectivity index (χ1v) is 9.34. The second-order valence-electron chi connectivity index (χ2n) is 5.18. The van der Waals surface area contributed by atoms with Crippen molar-refractivity contribution >= 4 is 32.9 Å². The zero-order chi connectivity index (χ0) is 18.0. The van der Waals surface area contributed by atoms with Crippen LogP contribution in [0.5, 0.6) is 0 Å². The Balaban J connectivity index is 1.89. The maximum absolute atomic E-state index is 12.6. The molecule has 0 saturated heterocycles. The zero-order valence-corrected chi connectivity index (χ0v) is 14.5. The number of benzene rings is 2. The molecule has 3 rings (SSSR count). The number of nitrogens with one attached hydrogen (secondary N) is 1. The Bertz CT molecular complexity index is 1020. The molecule has 0 saturated carbocycles. The minimum atomic E-state index is -3.95. The average molecular weight is 376 g/mol. The topological polar surface area (TPSA) is 115 Å². The van der Waals surface area contributed by atoms with Gasteiger partial charge in [0, 0.05) is 28.8 Å². The molecule has 8 nitrogen and oxygen atoms in total. The minimum absolute atomic E-state index is 0.130. The van der Waals surface area contributed by atoms with Crippen LogP contribution in [-0.2, 0) is 10.0 Å². The molecule has 10 heteroatoms. The molecule has 1 N–H and O–H groups in total. The Morgan fingerprint density at radius 2 is 1.88 bits per heavy atom. The van der Waals surface area contributed by atoms with Crippen LogP contribution in [0.4, 0.5) is 11.4 Å². The molecular weight excluding hydrogens is 364 g/mol. The lowest BCUT2D eigenvalue weighted by Crippen LogP contribution is -2.14. The van der Waals surface area contributed by atoms with Gasteiger partial charge in [0.2, 0.25) is 0 Å². The van der Waals surface area contributed by atoms with Crippen molar-refractivity contribution in [3.8, 4) is 11.3 Å². The summed E-state index contributed by atoms with van der Waals surface area (Å²) in [5.74, 6) is 0. The van der Waals surface area contributed by atoms with Crippen LogP contribution in [0, 0.1) is 17.0 Å². The van der Waals surface area contributed by atoms with Crippen molar-refractivity contribution in [3.05, 3.63) is 63.5 Å². The third kappa shape index (κ3) is 3.64. The Morgan fingerprint density at radius 3 is 2.48 bits per heavy atom. The molecule has 0 atom stereocenters. The Morgan fingerprint density at radius 1 is 1.16 bits per heavy atom. The van der Waals surface area contributed by atoms with Crippen molar-refractivity contribution in [2.75, 3.05) is 4.72 Å². The number of hydrogen-bond acceptors (Lipinski definition) is 7. The van der Waals surface area contributed by atoms with E-state index < -0.39 is 14.9 Å². The van der Waals surface area contributed by atoms with Crippen LogP contribution in [0.25, 0.3) is 11.3 Å². The molecule has 2 aromatic carbocycles. The van der Waals surface area contributed by atoms with Crippen LogP contribution < -0.4 is 4.72 Å². The Labute approximate surface area is 147 Å². The van der Waals surface area contributed by atoms with E-state index in [2.05, 4.69) is 14.3 Å².